The molecule has 35 heavy (non-hydrogen) atoms. The minimum absolute atomic E-state index is 0.0392. The number of aliphatic carboxylic acids is 1. The first kappa shape index (κ1) is 26.7. The zero-order chi connectivity index (χ0) is 25.6. The Kier molecular flexibility index (Phi) is 8.87. The Balaban J connectivity index is 1.89. The highest BCUT2D eigenvalue weighted by Crippen LogP contribution is 2.35. The molecule has 3 atom stereocenters. The van der Waals surface area contributed by atoms with Gasteiger partial charge in [0.25, 0.3) is 0 Å². The number of carboxylic acids is 1. The minimum Gasteiger partial charge on any atom is -0.479 e. The molecule has 3 unspecified atom stereocenters. The van der Waals surface area contributed by atoms with Crippen LogP contribution in [0.15, 0.2) is 60.7 Å². The number of carbonyl (C=O) groups excluding carboxylic acids is 4. The first-order chi connectivity index (χ1) is 16.7. The fraction of sp³-hybridized carbons (Fsp3) is 0.320. The van der Waals surface area contributed by atoms with Crippen LogP contribution in [-0.2, 0) is 14.4 Å². The molecule has 3 rings (SSSR count). The Hall–Kier alpha value is -2.95. The van der Waals surface area contributed by atoms with Crippen molar-refractivity contribution in [1.29, 1.82) is 0 Å². The molecule has 1 amide bonds. The van der Waals surface area contributed by atoms with Gasteiger partial charge in [-0.25, -0.2) is 4.79 Å². The molecule has 0 spiro atoms. The zero-order valence-electron chi connectivity index (χ0n) is 19.1. The summed E-state index contributed by atoms with van der Waals surface area (Å²) >= 11 is 1.59. The van der Waals surface area contributed by atoms with E-state index in [0.717, 1.165) is 28.4 Å². The van der Waals surface area contributed by atoms with Gasteiger partial charge in [0.1, 0.15) is 5.25 Å². The van der Waals surface area contributed by atoms with Crippen LogP contribution >= 0.6 is 23.5 Å². The molecular formula is C25H26N2O6S2. The van der Waals surface area contributed by atoms with Crippen molar-refractivity contribution in [3.63, 3.8) is 0 Å². The summed E-state index contributed by atoms with van der Waals surface area (Å²) in [6, 6.07) is 15.8. The summed E-state index contributed by atoms with van der Waals surface area (Å²) in [5.74, 6) is -2.96. The topological polar surface area (TPSA) is 135 Å². The summed E-state index contributed by atoms with van der Waals surface area (Å²) in [5, 5.41) is 8.25. The summed E-state index contributed by atoms with van der Waals surface area (Å²) in [5.41, 5.74) is 4.46. The molecule has 0 radical (unpaired) electrons. The maximum absolute atomic E-state index is 13.7. The highest BCUT2D eigenvalue weighted by atomic mass is 32.2. The SMILES string of the molecule is CC(N)C(=O)C1(C(=O)O)CCCN1C(=O)C(CSC(=O)c1ccccc1)SC(=O)c1ccccc1. The molecule has 1 heterocycles. The summed E-state index contributed by atoms with van der Waals surface area (Å²) in [6.07, 6.45) is 0.241. The number of rotatable bonds is 9. The van der Waals surface area contributed by atoms with E-state index in [0.29, 0.717) is 17.5 Å². The van der Waals surface area contributed by atoms with E-state index in [-0.39, 0.29) is 23.8 Å². The zero-order valence-corrected chi connectivity index (χ0v) is 20.7. The number of nitrogens with zero attached hydrogens (tertiary/aromatic N) is 1. The van der Waals surface area contributed by atoms with Crippen LogP contribution < -0.4 is 5.73 Å². The van der Waals surface area contributed by atoms with Crippen molar-refractivity contribution in [1.82, 2.24) is 4.90 Å². The van der Waals surface area contributed by atoms with Gasteiger partial charge in [0.05, 0.1) is 6.04 Å². The molecule has 8 nitrogen and oxygen atoms in total. The Bertz CT molecular complexity index is 1110. The van der Waals surface area contributed by atoms with E-state index in [1.807, 2.05) is 0 Å². The van der Waals surface area contributed by atoms with Crippen molar-refractivity contribution in [3.05, 3.63) is 71.8 Å². The average Bonchev–Trinajstić information content (AvgIpc) is 3.32. The fourth-order valence-corrected chi connectivity index (χ4v) is 5.97. The van der Waals surface area contributed by atoms with E-state index in [1.165, 1.54) is 6.92 Å². The number of ketones is 1. The Labute approximate surface area is 211 Å². The number of Topliss-reactive ketones (excluding diaryl/α,β-unsaturated/α-hetero) is 1. The number of likely N-dealkylation sites (tertiary alicyclic amines) is 1. The molecule has 2 aromatic rings. The number of carboxylic acid groups (broad SMARTS) is 1. The van der Waals surface area contributed by atoms with Crippen LogP contribution in [0.25, 0.3) is 0 Å². The maximum atomic E-state index is 13.7. The van der Waals surface area contributed by atoms with Gasteiger partial charge < -0.3 is 15.7 Å². The molecule has 0 bridgehead atoms. The van der Waals surface area contributed by atoms with Gasteiger partial charge in [0, 0.05) is 23.4 Å². The van der Waals surface area contributed by atoms with E-state index in [4.69, 9.17) is 5.73 Å². The van der Waals surface area contributed by atoms with Gasteiger partial charge in [-0.2, -0.15) is 0 Å². The van der Waals surface area contributed by atoms with E-state index < -0.39 is 39.6 Å². The summed E-state index contributed by atoms with van der Waals surface area (Å²) in [6.45, 7) is 1.42. The number of hydrogen-bond acceptors (Lipinski definition) is 8. The molecular weight excluding hydrogens is 488 g/mol. The number of benzene rings is 2. The first-order valence-electron chi connectivity index (χ1n) is 11.0. The van der Waals surface area contributed by atoms with E-state index in [9.17, 15) is 29.1 Å². The smallest absolute Gasteiger partial charge is 0.337 e. The number of hydrogen-bond donors (Lipinski definition) is 2. The third kappa shape index (κ3) is 5.83. The van der Waals surface area contributed by atoms with Crippen molar-refractivity contribution in [2.75, 3.05) is 12.3 Å². The largest absolute Gasteiger partial charge is 0.479 e. The van der Waals surface area contributed by atoms with Crippen molar-refractivity contribution in [2.45, 2.75) is 36.6 Å². The van der Waals surface area contributed by atoms with Crippen molar-refractivity contribution in [3.8, 4) is 0 Å². The Morgan fingerprint density at radius 2 is 1.51 bits per heavy atom. The van der Waals surface area contributed by atoms with Gasteiger partial charge in [-0.05, 0) is 19.8 Å². The molecule has 3 N–H and O–H groups in total. The predicted octanol–water partition coefficient (Wildman–Crippen LogP) is 2.86. The van der Waals surface area contributed by atoms with E-state index in [2.05, 4.69) is 0 Å². The van der Waals surface area contributed by atoms with Gasteiger partial charge in [0.15, 0.2) is 5.78 Å². The molecule has 184 valence electrons. The van der Waals surface area contributed by atoms with E-state index >= 15 is 0 Å². The second-order valence-electron chi connectivity index (χ2n) is 8.14. The second kappa shape index (κ2) is 11.7. The molecule has 0 aliphatic carbocycles. The average molecular weight is 515 g/mol. The quantitative estimate of drug-likeness (QED) is 0.484. The van der Waals surface area contributed by atoms with Crippen molar-refractivity contribution in [2.24, 2.45) is 5.73 Å². The standard InChI is InChI=1S/C25H26N2O6S2/c1-16(26)20(28)25(24(32)33)13-8-14-27(25)21(29)19(35-23(31)18-11-6-3-7-12-18)15-34-22(30)17-9-4-2-5-10-17/h2-7,9-12,16,19H,8,13-15,26H2,1H3,(H,32,33). The molecule has 10 heteroatoms. The molecule has 1 aliphatic rings. The monoisotopic (exact) mass is 514 g/mol. The molecule has 0 aromatic heterocycles. The van der Waals surface area contributed by atoms with Gasteiger partial charge in [0.2, 0.25) is 21.7 Å². The minimum atomic E-state index is -2.09. The number of thioether (sulfide) groups is 2. The van der Waals surface area contributed by atoms with Crippen LogP contribution in [0.4, 0.5) is 0 Å². The Morgan fingerprint density at radius 1 is 0.971 bits per heavy atom. The van der Waals surface area contributed by atoms with Crippen LogP contribution in [0.2, 0.25) is 0 Å². The lowest BCUT2D eigenvalue weighted by Crippen LogP contribution is -2.63. The number of carbonyl (C=O) groups is 5. The van der Waals surface area contributed by atoms with Crippen LogP contribution in [-0.4, -0.2) is 67.0 Å². The number of amides is 1. The second-order valence-corrected chi connectivity index (χ2v) is 10.3. The number of nitrogens with two attached hydrogens (primary N) is 1. The summed E-state index contributed by atoms with van der Waals surface area (Å²) in [4.78, 5) is 65.5. The molecule has 2 aromatic carbocycles. The Morgan fingerprint density at radius 3 is 2.03 bits per heavy atom. The lowest BCUT2D eigenvalue weighted by molar-refractivity contribution is -0.161. The van der Waals surface area contributed by atoms with Gasteiger partial charge in [-0.3, -0.25) is 19.2 Å². The maximum Gasteiger partial charge on any atom is 0.337 e. The first-order valence-corrected chi connectivity index (χ1v) is 12.9. The summed E-state index contributed by atoms with van der Waals surface area (Å²) < 4.78 is 0. The van der Waals surface area contributed by atoms with Crippen LogP contribution in [0, 0.1) is 0 Å². The molecule has 1 saturated heterocycles. The molecule has 1 aliphatic heterocycles. The van der Waals surface area contributed by atoms with Crippen molar-refractivity contribution < 1.29 is 29.1 Å². The predicted molar refractivity (Wildman–Crippen MR) is 135 cm³/mol. The lowest BCUT2D eigenvalue weighted by atomic mass is 9.87. The van der Waals surface area contributed by atoms with Gasteiger partial charge in [-0.1, -0.05) is 84.2 Å². The van der Waals surface area contributed by atoms with Crippen LogP contribution in [0.3, 0.4) is 0 Å². The normalized spacial score (nSPS) is 19.1. The highest BCUT2D eigenvalue weighted by Gasteiger charge is 2.57. The van der Waals surface area contributed by atoms with Gasteiger partial charge in [-0.15, -0.1) is 0 Å². The van der Waals surface area contributed by atoms with Crippen LogP contribution in [0.1, 0.15) is 40.5 Å². The highest BCUT2D eigenvalue weighted by molar-refractivity contribution is 8.18. The fourth-order valence-electron chi connectivity index (χ4n) is 3.99. The lowest BCUT2D eigenvalue weighted by Gasteiger charge is -2.36. The summed E-state index contributed by atoms with van der Waals surface area (Å²) in [7, 11) is 0. The van der Waals surface area contributed by atoms with E-state index in [1.54, 1.807) is 60.7 Å². The van der Waals surface area contributed by atoms with Gasteiger partial charge >= 0.3 is 5.97 Å². The molecule has 0 saturated carbocycles. The van der Waals surface area contributed by atoms with Crippen molar-refractivity contribution >= 4 is 51.4 Å². The molecule has 1 fully saturated rings. The third-order valence-corrected chi connectivity index (χ3v) is 8.04. The third-order valence-electron chi connectivity index (χ3n) is 5.73. The van der Waals surface area contributed by atoms with Crippen LogP contribution in [0.5, 0.6) is 0 Å².